The van der Waals surface area contributed by atoms with Crippen LogP contribution in [0.2, 0.25) is 5.15 Å². The van der Waals surface area contributed by atoms with E-state index in [1.165, 1.54) is 11.3 Å². The first-order valence-electron chi connectivity index (χ1n) is 5.06. The smallest absolute Gasteiger partial charge is 0.184 e. The lowest BCUT2D eigenvalue weighted by Gasteiger charge is -2.12. The molecule has 1 atom stereocenters. The van der Waals surface area contributed by atoms with Crippen LogP contribution in [0.1, 0.15) is 24.1 Å². The van der Waals surface area contributed by atoms with Gasteiger partial charge in [0.1, 0.15) is 5.15 Å². The number of rotatable bonds is 3. The number of halogens is 1. The molecule has 0 saturated carbocycles. The van der Waals surface area contributed by atoms with Gasteiger partial charge in [0.05, 0.1) is 17.7 Å². The summed E-state index contributed by atoms with van der Waals surface area (Å²) in [6, 6.07) is 9.72. The summed E-state index contributed by atoms with van der Waals surface area (Å²) in [5, 5.41) is 15.1. The number of hydrogen-bond acceptors (Lipinski definition) is 4. The summed E-state index contributed by atoms with van der Waals surface area (Å²) in [5.41, 5.74) is 1.77. The van der Waals surface area contributed by atoms with E-state index in [9.17, 15) is 0 Å². The van der Waals surface area contributed by atoms with E-state index in [1.807, 2.05) is 31.2 Å². The Morgan fingerprint density at radius 2 is 2.12 bits per heavy atom. The van der Waals surface area contributed by atoms with Crippen LogP contribution in [0.4, 0.5) is 5.13 Å². The second kappa shape index (κ2) is 5.17. The predicted octanol–water partition coefficient (Wildman–Crippen LogP) is 3.84. The molecule has 2 aromatic rings. The minimum absolute atomic E-state index is 0.130. The molecule has 5 heteroatoms. The van der Waals surface area contributed by atoms with Gasteiger partial charge in [-0.2, -0.15) is 5.26 Å². The van der Waals surface area contributed by atoms with Crippen LogP contribution in [-0.4, -0.2) is 4.98 Å². The van der Waals surface area contributed by atoms with Crippen LogP contribution in [-0.2, 0) is 0 Å². The summed E-state index contributed by atoms with van der Waals surface area (Å²) in [6.45, 7) is 2.04. The maximum atomic E-state index is 8.72. The Labute approximate surface area is 109 Å². The van der Waals surface area contributed by atoms with E-state index in [4.69, 9.17) is 16.9 Å². The van der Waals surface area contributed by atoms with Crippen molar-refractivity contribution < 1.29 is 0 Å². The third kappa shape index (κ3) is 2.96. The third-order valence-electron chi connectivity index (χ3n) is 2.36. The van der Waals surface area contributed by atoms with Crippen molar-refractivity contribution in [2.75, 3.05) is 5.32 Å². The van der Waals surface area contributed by atoms with Crippen LogP contribution in [0, 0.1) is 11.3 Å². The largest absolute Gasteiger partial charge is 0.355 e. The predicted molar refractivity (Wildman–Crippen MR) is 70.3 cm³/mol. The molecule has 1 unspecified atom stereocenters. The maximum absolute atomic E-state index is 8.72. The van der Waals surface area contributed by atoms with E-state index in [2.05, 4.69) is 16.4 Å². The van der Waals surface area contributed by atoms with Gasteiger partial charge in [0.2, 0.25) is 0 Å². The minimum Gasteiger partial charge on any atom is -0.355 e. The van der Waals surface area contributed by atoms with E-state index in [1.54, 1.807) is 5.38 Å². The zero-order chi connectivity index (χ0) is 12.3. The quantitative estimate of drug-likeness (QED) is 0.915. The number of anilines is 1. The number of nitrogens with zero attached hydrogens (tertiary/aromatic N) is 2. The molecule has 1 aromatic heterocycles. The molecule has 0 aliphatic rings. The fourth-order valence-corrected chi connectivity index (χ4v) is 2.36. The van der Waals surface area contributed by atoms with Crippen molar-refractivity contribution in [3.05, 3.63) is 45.9 Å². The van der Waals surface area contributed by atoms with Crippen molar-refractivity contribution >= 4 is 28.1 Å². The molecular weight excluding hydrogens is 254 g/mol. The zero-order valence-electron chi connectivity index (χ0n) is 9.14. The number of benzene rings is 1. The van der Waals surface area contributed by atoms with Gasteiger partial charge < -0.3 is 5.32 Å². The number of thiazole rings is 1. The molecule has 1 aromatic carbocycles. The Morgan fingerprint density at radius 1 is 1.41 bits per heavy atom. The fraction of sp³-hybridized carbons (Fsp3) is 0.167. The molecule has 86 valence electrons. The Balaban J connectivity index is 2.09. The highest BCUT2D eigenvalue weighted by molar-refractivity contribution is 7.14. The molecule has 17 heavy (non-hydrogen) atoms. The fourth-order valence-electron chi connectivity index (χ4n) is 1.44. The van der Waals surface area contributed by atoms with Gasteiger partial charge >= 0.3 is 0 Å². The van der Waals surface area contributed by atoms with Crippen molar-refractivity contribution in [3.8, 4) is 6.07 Å². The first kappa shape index (κ1) is 11.9. The van der Waals surface area contributed by atoms with Crippen molar-refractivity contribution in [2.45, 2.75) is 13.0 Å². The third-order valence-corrected chi connectivity index (χ3v) is 3.45. The highest BCUT2D eigenvalue weighted by atomic mass is 35.5. The summed E-state index contributed by atoms with van der Waals surface area (Å²) in [5.74, 6) is 0. The standard InChI is InChI=1S/C12H10ClN3S/c1-8(15-12-16-11(13)7-17-12)10-4-2-9(6-14)3-5-10/h2-5,7-8H,1H3,(H,15,16). The van der Waals surface area contributed by atoms with Crippen molar-refractivity contribution in [2.24, 2.45) is 0 Å². The Kier molecular flexibility index (Phi) is 3.62. The average molecular weight is 264 g/mol. The monoisotopic (exact) mass is 263 g/mol. The summed E-state index contributed by atoms with van der Waals surface area (Å²) in [6.07, 6.45) is 0. The van der Waals surface area contributed by atoms with Gasteiger partial charge in [0.15, 0.2) is 5.13 Å². The lowest BCUT2D eigenvalue weighted by atomic mass is 10.1. The number of hydrogen-bond donors (Lipinski definition) is 1. The minimum atomic E-state index is 0.130. The van der Waals surface area contributed by atoms with E-state index < -0.39 is 0 Å². The Hall–Kier alpha value is -1.57. The molecule has 0 aliphatic heterocycles. The van der Waals surface area contributed by atoms with Crippen LogP contribution >= 0.6 is 22.9 Å². The topological polar surface area (TPSA) is 48.7 Å². The molecule has 0 spiro atoms. The van der Waals surface area contributed by atoms with Crippen LogP contribution in [0.3, 0.4) is 0 Å². The van der Waals surface area contributed by atoms with Gasteiger partial charge in [-0.3, -0.25) is 0 Å². The molecule has 1 N–H and O–H groups in total. The molecule has 2 rings (SSSR count). The summed E-state index contributed by atoms with van der Waals surface area (Å²) in [4.78, 5) is 4.13. The van der Waals surface area contributed by atoms with Gasteiger partial charge in [0, 0.05) is 5.38 Å². The van der Waals surface area contributed by atoms with Gasteiger partial charge in [-0.1, -0.05) is 23.7 Å². The van der Waals surface area contributed by atoms with E-state index in [0.717, 1.165) is 10.7 Å². The van der Waals surface area contributed by atoms with E-state index in [0.29, 0.717) is 10.7 Å². The van der Waals surface area contributed by atoms with Gasteiger partial charge in [-0.05, 0) is 24.6 Å². The average Bonchev–Trinajstić information content (AvgIpc) is 2.75. The maximum Gasteiger partial charge on any atom is 0.184 e. The first-order chi connectivity index (χ1) is 8.19. The van der Waals surface area contributed by atoms with Crippen LogP contribution < -0.4 is 5.32 Å². The molecule has 0 saturated heterocycles. The normalized spacial score (nSPS) is 11.8. The van der Waals surface area contributed by atoms with Crippen molar-refractivity contribution in [1.82, 2.24) is 4.98 Å². The number of aromatic nitrogens is 1. The number of nitriles is 1. The lowest BCUT2D eigenvalue weighted by molar-refractivity contribution is 0.881. The SMILES string of the molecule is CC(Nc1nc(Cl)cs1)c1ccc(C#N)cc1. The second-order valence-corrected chi connectivity index (χ2v) is 4.82. The molecule has 0 bridgehead atoms. The van der Waals surface area contributed by atoms with Crippen LogP contribution in [0.25, 0.3) is 0 Å². The Morgan fingerprint density at radius 3 is 2.65 bits per heavy atom. The van der Waals surface area contributed by atoms with Crippen LogP contribution in [0.5, 0.6) is 0 Å². The molecular formula is C12H10ClN3S. The highest BCUT2D eigenvalue weighted by Gasteiger charge is 2.07. The number of nitrogens with one attached hydrogen (secondary N) is 1. The Bertz CT molecular complexity index is 542. The first-order valence-corrected chi connectivity index (χ1v) is 6.32. The van der Waals surface area contributed by atoms with Gasteiger partial charge in [0.25, 0.3) is 0 Å². The summed E-state index contributed by atoms with van der Waals surface area (Å²) < 4.78 is 0. The van der Waals surface area contributed by atoms with Crippen LogP contribution in [0.15, 0.2) is 29.6 Å². The molecule has 1 heterocycles. The van der Waals surface area contributed by atoms with E-state index >= 15 is 0 Å². The molecule has 0 radical (unpaired) electrons. The summed E-state index contributed by atoms with van der Waals surface area (Å²) >= 11 is 7.23. The molecule has 0 amide bonds. The van der Waals surface area contributed by atoms with Gasteiger partial charge in [-0.15, -0.1) is 11.3 Å². The van der Waals surface area contributed by atoms with Crippen molar-refractivity contribution in [1.29, 1.82) is 5.26 Å². The van der Waals surface area contributed by atoms with Crippen molar-refractivity contribution in [3.63, 3.8) is 0 Å². The molecule has 0 fully saturated rings. The molecule has 0 aliphatic carbocycles. The zero-order valence-corrected chi connectivity index (χ0v) is 10.7. The second-order valence-electron chi connectivity index (χ2n) is 3.58. The van der Waals surface area contributed by atoms with E-state index in [-0.39, 0.29) is 6.04 Å². The highest BCUT2D eigenvalue weighted by Crippen LogP contribution is 2.24. The summed E-state index contributed by atoms with van der Waals surface area (Å²) in [7, 11) is 0. The molecule has 3 nitrogen and oxygen atoms in total. The van der Waals surface area contributed by atoms with Gasteiger partial charge in [-0.25, -0.2) is 4.98 Å². The lowest BCUT2D eigenvalue weighted by Crippen LogP contribution is -2.06.